The smallest absolute Gasteiger partial charge is 0.423 e. The molecule has 0 radical (unpaired) electrons. The molecule has 0 amide bonds. The molecule has 2 heterocycles. The Morgan fingerprint density at radius 1 is 1.18 bits per heavy atom. The highest BCUT2D eigenvalue weighted by molar-refractivity contribution is 6.58. The molecule has 2 aromatic heterocycles. The van der Waals surface area contributed by atoms with Gasteiger partial charge in [-0.05, 0) is 29.7 Å². The molecule has 0 atom stereocenters. The van der Waals surface area contributed by atoms with E-state index in [1.807, 2.05) is 0 Å². The molecule has 3 rings (SSSR count). The van der Waals surface area contributed by atoms with E-state index in [-0.39, 0.29) is 16.9 Å². The average Bonchev–Trinajstić information content (AvgIpc) is 2.88. The molecular formula is C13H9BClN3O4. The van der Waals surface area contributed by atoms with Gasteiger partial charge in [-0.3, -0.25) is 0 Å². The molecule has 9 heteroatoms. The predicted octanol–water partition coefficient (Wildman–Crippen LogP) is 0.282. The van der Waals surface area contributed by atoms with E-state index in [1.54, 1.807) is 12.1 Å². The van der Waals surface area contributed by atoms with Gasteiger partial charge in [0.1, 0.15) is 5.15 Å². The lowest BCUT2D eigenvalue weighted by molar-refractivity contribution is 0.0728. The summed E-state index contributed by atoms with van der Waals surface area (Å²) < 4.78 is 6.55. The van der Waals surface area contributed by atoms with E-state index in [2.05, 4.69) is 10.1 Å². The lowest BCUT2D eigenvalue weighted by atomic mass is 9.80. The number of hydrogen-bond donors (Lipinski definition) is 2. The van der Waals surface area contributed by atoms with Gasteiger partial charge in [0.25, 0.3) is 0 Å². The second-order valence-corrected chi connectivity index (χ2v) is 4.81. The van der Waals surface area contributed by atoms with Crippen molar-refractivity contribution >= 4 is 35.8 Å². The Morgan fingerprint density at radius 2 is 1.91 bits per heavy atom. The summed E-state index contributed by atoms with van der Waals surface area (Å²) in [6.45, 7) is 0. The lowest BCUT2D eigenvalue weighted by Gasteiger charge is -2.02. The minimum Gasteiger partial charge on any atom is -0.423 e. The molecule has 3 aromatic rings. The van der Waals surface area contributed by atoms with Crippen LogP contribution in [-0.2, 0) is 0 Å². The molecule has 0 fully saturated rings. The Kier molecular flexibility index (Phi) is 3.80. The second-order valence-electron chi connectivity index (χ2n) is 4.42. The summed E-state index contributed by atoms with van der Waals surface area (Å²) in [6.07, 6.45) is 1.44. The summed E-state index contributed by atoms with van der Waals surface area (Å²) >= 11 is 5.76. The Bertz CT molecular complexity index is 835. The number of aromatic nitrogens is 3. The quantitative estimate of drug-likeness (QED) is 0.532. The predicted molar refractivity (Wildman–Crippen MR) is 79.2 cm³/mol. The van der Waals surface area contributed by atoms with E-state index in [4.69, 9.17) is 26.4 Å². The molecule has 0 unspecified atom stereocenters. The minimum atomic E-state index is -1.58. The molecule has 22 heavy (non-hydrogen) atoms. The molecule has 0 bridgehead atoms. The van der Waals surface area contributed by atoms with Crippen LogP contribution in [0.1, 0.15) is 10.4 Å². The third-order valence-electron chi connectivity index (χ3n) is 2.91. The largest absolute Gasteiger partial charge is 0.488 e. The van der Waals surface area contributed by atoms with E-state index >= 15 is 0 Å². The van der Waals surface area contributed by atoms with Gasteiger partial charge in [-0.1, -0.05) is 23.7 Å². The van der Waals surface area contributed by atoms with Crippen molar-refractivity contribution in [1.82, 2.24) is 14.6 Å². The van der Waals surface area contributed by atoms with Crippen LogP contribution in [0.5, 0.6) is 5.88 Å². The van der Waals surface area contributed by atoms with Crippen molar-refractivity contribution in [1.29, 1.82) is 0 Å². The van der Waals surface area contributed by atoms with Crippen LogP contribution >= 0.6 is 11.6 Å². The molecule has 2 N–H and O–H groups in total. The van der Waals surface area contributed by atoms with Crippen LogP contribution in [-0.4, -0.2) is 37.7 Å². The van der Waals surface area contributed by atoms with Crippen molar-refractivity contribution in [2.45, 2.75) is 0 Å². The molecule has 0 spiro atoms. The standard InChI is InChI=1S/C13H9BClN3O4/c15-10-5-6-11-16-12(7-18(11)17-10)22-13(19)8-1-3-9(4-2-8)14(20)21/h1-7,20-21H. The molecular weight excluding hydrogens is 308 g/mol. The van der Waals surface area contributed by atoms with E-state index in [1.165, 1.54) is 35.0 Å². The third kappa shape index (κ3) is 2.94. The van der Waals surface area contributed by atoms with Crippen LogP contribution in [0.4, 0.5) is 0 Å². The van der Waals surface area contributed by atoms with Crippen molar-refractivity contribution < 1.29 is 19.6 Å². The number of ether oxygens (including phenoxy) is 1. The Balaban J connectivity index is 1.80. The second kappa shape index (κ2) is 5.76. The number of halogens is 1. The van der Waals surface area contributed by atoms with E-state index < -0.39 is 13.1 Å². The number of imidazole rings is 1. The molecule has 0 saturated carbocycles. The van der Waals surface area contributed by atoms with Gasteiger partial charge in [0.15, 0.2) is 5.65 Å². The first-order valence-electron chi connectivity index (χ1n) is 6.23. The summed E-state index contributed by atoms with van der Waals surface area (Å²) in [4.78, 5) is 16.1. The molecule has 0 aliphatic heterocycles. The summed E-state index contributed by atoms with van der Waals surface area (Å²) in [5, 5.41) is 22.3. The summed E-state index contributed by atoms with van der Waals surface area (Å²) in [7, 11) is -1.58. The zero-order valence-electron chi connectivity index (χ0n) is 11.0. The highest BCUT2D eigenvalue weighted by Crippen LogP contribution is 2.14. The number of fused-ring (bicyclic) bond motifs is 1. The number of benzene rings is 1. The van der Waals surface area contributed by atoms with Crippen molar-refractivity contribution in [3.05, 3.63) is 53.3 Å². The fourth-order valence-corrected chi connectivity index (χ4v) is 1.98. The van der Waals surface area contributed by atoms with Crippen LogP contribution in [0, 0.1) is 0 Å². The first-order chi connectivity index (χ1) is 10.5. The van der Waals surface area contributed by atoms with Crippen LogP contribution in [0.2, 0.25) is 5.15 Å². The zero-order valence-corrected chi connectivity index (χ0v) is 11.8. The lowest BCUT2D eigenvalue weighted by Crippen LogP contribution is -2.29. The van der Waals surface area contributed by atoms with Gasteiger partial charge in [0.05, 0.1) is 11.8 Å². The number of hydrogen-bond acceptors (Lipinski definition) is 6. The maximum atomic E-state index is 12.0. The zero-order chi connectivity index (χ0) is 15.7. The number of nitrogens with zero attached hydrogens (tertiary/aromatic N) is 3. The summed E-state index contributed by atoms with van der Waals surface area (Å²) in [6, 6.07) is 8.93. The van der Waals surface area contributed by atoms with Gasteiger partial charge in [-0.25, -0.2) is 9.31 Å². The maximum Gasteiger partial charge on any atom is 0.488 e. The topological polar surface area (TPSA) is 97.0 Å². The highest BCUT2D eigenvalue weighted by Gasteiger charge is 2.14. The molecule has 1 aromatic carbocycles. The van der Waals surface area contributed by atoms with Gasteiger partial charge in [0.2, 0.25) is 5.88 Å². The Morgan fingerprint density at radius 3 is 2.59 bits per heavy atom. The van der Waals surface area contributed by atoms with Crippen molar-refractivity contribution in [3.8, 4) is 5.88 Å². The molecule has 110 valence electrons. The highest BCUT2D eigenvalue weighted by atomic mass is 35.5. The molecule has 7 nitrogen and oxygen atoms in total. The van der Waals surface area contributed by atoms with Gasteiger partial charge >= 0.3 is 13.1 Å². The van der Waals surface area contributed by atoms with E-state index in [0.717, 1.165) is 0 Å². The van der Waals surface area contributed by atoms with Crippen LogP contribution in [0.3, 0.4) is 0 Å². The van der Waals surface area contributed by atoms with Crippen LogP contribution in [0.25, 0.3) is 5.65 Å². The number of carbonyl (C=O) groups is 1. The monoisotopic (exact) mass is 317 g/mol. The Hall–Kier alpha value is -2.42. The SMILES string of the molecule is O=C(Oc1cn2nc(Cl)ccc2n1)c1ccc(B(O)O)cc1. The van der Waals surface area contributed by atoms with Crippen LogP contribution < -0.4 is 10.2 Å². The molecule has 0 aliphatic carbocycles. The number of esters is 1. The maximum absolute atomic E-state index is 12.0. The number of rotatable bonds is 3. The van der Waals surface area contributed by atoms with E-state index in [9.17, 15) is 4.79 Å². The van der Waals surface area contributed by atoms with Gasteiger partial charge in [-0.15, -0.1) is 0 Å². The fraction of sp³-hybridized carbons (Fsp3) is 0. The molecule has 0 aliphatic rings. The van der Waals surface area contributed by atoms with Crippen LogP contribution in [0.15, 0.2) is 42.6 Å². The van der Waals surface area contributed by atoms with Crippen molar-refractivity contribution in [2.24, 2.45) is 0 Å². The normalized spacial score (nSPS) is 10.7. The van der Waals surface area contributed by atoms with Gasteiger partial charge < -0.3 is 14.8 Å². The Labute approximate surface area is 129 Å². The average molecular weight is 317 g/mol. The number of carbonyl (C=O) groups excluding carboxylic acids is 1. The third-order valence-corrected chi connectivity index (χ3v) is 3.11. The minimum absolute atomic E-state index is 0.0889. The summed E-state index contributed by atoms with van der Waals surface area (Å²) in [5.74, 6) is -0.528. The van der Waals surface area contributed by atoms with E-state index in [0.29, 0.717) is 10.8 Å². The van der Waals surface area contributed by atoms with Crippen molar-refractivity contribution in [3.63, 3.8) is 0 Å². The van der Waals surface area contributed by atoms with Crippen molar-refractivity contribution in [2.75, 3.05) is 0 Å². The summed E-state index contributed by atoms with van der Waals surface area (Å²) in [5.41, 5.74) is 1.03. The first-order valence-corrected chi connectivity index (χ1v) is 6.61. The fourth-order valence-electron chi connectivity index (χ4n) is 1.83. The van der Waals surface area contributed by atoms with Gasteiger partial charge in [0, 0.05) is 0 Å². The molecule has 0 saturated heterocycles. The van der Waals surface area contributed by atoms with Gasteiger partial charge in [-0.2, -0.15) is 10.1 Å². The first kappa shape index (κ1) is 14.5.